The third-order valence-electron chi connectivity index (χ3n) is 5.32. The van der Waals surface area contributed by atoms with Crippen LogP contribution in [0, 0.1) is 11.8 Å². The highest BCUT2D eigenvalue weighted by Gasteiger charge is 2.30. The van der Waals surface area contributed by atoms with Gasteiger partial charge in [-0.3, -0.25) is 19.2 Å². The number of aliphatic carboxylic acids is 2. The van der Waals surface area contributed by atoms with Gasteiger partial charge >= 0.3 is 11.9 Å². The summed E-state index contributed by atoms with van der Waals surface area (Å²) in [7, 11) is 3.12. The Balaban J connectivity index is 0.000000285. The highest BCUT2D eigenvalue weighted by atomic mass is 16.5. The topological polar surface area (TPSA) is 142 Å². The molecule has 1 aromatic rings. The van der Waals surface area contributed by atoms with Gasteiger partial charge in [0.1, 0.15) is 11.5 Å². The van der Waals surface area contributed by atoms with E-state index >= 15 is 0 Å². The van der Waals surface area contributed by atoms with E-state index in [2.05, 4.69) is 5.32 Å². The van der Waals surface area contributed by atoms with E-state index in [0.29, 0.717) is 37.3 Å². The number of hydrogen-bond acceptors (Lipinski definition) is 6. The minimum absolute atomic E-state index is 0.0228. The third kappa shape index (κ3) is 6.87. The predicted octanol–water partition coefficient (Wildman–Crippen LogP) is 1.12. The zero-order valence-electron chi connectivity index (χ0n) is 17.6. The van der Waals surface area contributed by atoms with Crippen LogP contribution in [-0.2, 0) is 25.7 Å². The first-order chi connectivity index (χ1) is 14.7. The molecular formula is C21H28N2O8. The van der Waals surface area contributed by atoms with Gasteiger partial charge in [-0.1, -0.05) is 0 Å². The molecule has 3 N–H and O–H groups in total. The van der Waals surface area contributed by atoms with Crippen molar-refractivity contribution in [2.75, 3.05) is 27.3 Å². The van der Waals surface area contributed by atoms with Gasteiger partial charge in [0.05, 0.1) is 26.1 Å². The quantitative estimate of drug-likeness (QED) is 0.602. The number of carboxylic acids is 2. The van der Waals surface area contributed by atoms with Crippen LogP contribution < -0.4 is 14.8 Å². The van der Waals surface area contributed by atoms with E-state index in [0.717, 1.165) is 5.56 Å². The minimum Gasteiger partial charge on any atom is -0.497 e. The summed E-state index contributed by atoms with van der Waals surface area (Å²) in [5, 5.41) is 20.1. The summed E-state index contributed by atoms with van der Waals surface area (Å²) in [6.45, 7) is 0.868. The molecule has 2 aliphatic rings. The number of nitrogens with one attached hydrogen (secondary N) is 1. The molecule has 0 spiro atoms. The molecule has 2 saturated heterocycles. The Morgan fingerprint density at radius 1 is 1.06 bits per heavy atom. The molecule has 0 bridgehead atoms. The third-order valence-corrected chi connectivity index (χ3v) is 5.32. The maximum absolute atomic E-state index is 12.0. The average molecular weight is 436 g/mol. The molecule has 0 aromatic heterocycles. The average Bonchev–Trinajstić information content (AvgIpc) is 2.76. The van der Waals surface area contributed by atoms with Crippen LogP contribution >= 0.6 is 0 Å². The summed E-state index contributed by atoms with van der Waals surface area (Å²) in [5.74, 6) is -1.31. The van der Waals surface area contributed by atoms with Crippen molar-refractivity contribution in [1.82, 2.24) is 10.2 Å². The lowest BCUT2D eigenvalue weighted by molar-refractivity contribution is -0.148. The van der Waals surface area contributed by atoms with Crippen molar-refractivity contribution in [3.63, 3.8) is 0 Å². The van der Waals surface area contributed by atoms with Crippen LogP contribution in [0.2, 0.25) is 0 Å². The van der Waals surface area contributed by atoms with Crippen LogP contribution in [0.25, 0.3) is 0 Å². The molecule has 2 atom stereocenters. The lowest BCUT2D eigenvalue weighted by Crippen LogP contribution is -2.42. The SMILES string of the molecule is COc1ccc(CN2CC(C(=O)O)CCC2=O)c(OC)c1.O=C1CCC(C(=O)O)CN1. The number of carboxylic acid groups (broad SMARTS) is 2. The number of carbonyl (C=O) groups is 4. The molecule has 31 heavy (non-hydrogen) atoms. The number of amides is 2. The smallest absolute Gasteiger partial charge is 0.308 e. The number of hydrogen-bond donors (Lipinski definition) is 3. The fourth-order valence-corrected chi connectivity index (χ4v) is 3.40. The Morgan fingerprint density at radius 3 is 2.29 bits per heavy atom. The second-order valence-corrected chi connectivity index (χ2v) is 7.40. The first-order valence-corrected chi connectivity index (χ1v) is 9.96. The van der Waals surface area contributed by atoms with Crippen molar-refractivity contribution >= 4 is 23.8 Å². The van der Waals surface area contributed by atoms with E-state index in [-0.39, 0.29) is 37.2 Å². The molecule has 2 fully saturated rings. The second-order valence-electron chi connectivity index (χ2n) is 7.40. The van der Waals surface area contributed by atoms with Crippen LogP contribution in [0.4, 0.5) is 0 Å². The van der Waals surface area contributed by atoms with E-state index in [1.54, 1.807) is 31.3 Å². The van der Waals surface area contributed by atoms with Gasteiger partial charge in [0.15, 0.2) is 0 Å². The second kappa shape index (κ2) is 11.2. The number of nitrogens with zero attached hydrogens (tertiary/aromatic N) is 1. The molecule has 0 saturated carbocycles. The molecule has 10 heteroatoms. The Kier molecular flexibility index (Phi) is 8.65. The highest BCUT2D eigenvalue weighted by Crippen LogP contribution is 2.28. The predicted molar refractivity (Wildman–Crippen MR) is 109 cm³/mol. The molecule has 2 aliphatic heterocycles. The van der Waals surface area contributed by atoms with Crippen molar-refractivity contribution < 1.29 is 38.9 Å². The standard InChI is InChI=1S/C15H19NO5.C6H9NO3/c1-20-12-5-3-10(13(7-12)21-2)8-16-9-11(15(18)19)4-6-14(16)17;8-5-2-1-4(3-7-5)6(9)10/h3,5,7,11H,4,6,8-9H2,1-2H3,(H,18,19);4H,1-3H2,(H,7,8)(H,9,10). The number of piperidine rings is 2. The van der Waals surface area contributed by atoms with Gasteiger partial charge in [0.25, 0.3) is 0 Å². The molecule has 2 heterocycles. The first kappa shape index (κ1) is 24.0. The Hall–Kier alpha value is -3.30. The maximum atomic E-state index is 12.0. The van der Waals surface area contributed by atoms with Gasteiger partial charge in [-0.25, -0.2) is 0 Å². The van der Waals surface area contributed by atoms with Crippen LogP contribution in [0.15, 0.2) is 18.2 Å². The van der Waals surface area contributed by atoms with Crippen molar-refractivity contribution in [3.8, 4) is 11.5 Å². The Labute approximate surface area is 180 Å². The molecule has 2 unspecified atom stereocenters. The molecule has 0 aliphatic carbocycles. The number of methoxy groups -OCH3 is 2. The first-order valence-electron chi connectivity index (χ1n) is 9.96. The molecule has 3 rings (SSSR count). The summed E-state index contributed by atoms with van der Waals surface area (Å²) < 4.78 is 10.4. The zero-order chi connectivity index (χ0) is 23.0. The number of rotatable bonds is 6. The summed E-state index contributed by atoms with van der Waals surface area (Å²) in [5.41, 5.74) is 0.831. The van der Waals surface area contributed by atoms with Crippen LogP contribution in [0.3, 0.4) is 0 Å². The van der Waals surface area contributed by atoms with Crippen molar-refractivity contribution in [2.24, 2.45) is 11.8 Å². The van der Waals surface area contributed by atoms with E-state index in [4.69, 9.17) is 19.7 Å². The van der Waals surface area contributed by atoms with Crippen molar-refractivity contribution in [3.05, 3.63) is 23.8 Å². The van der Waals surface area contributed by atoms with Crippen molar-refractivity contribution in [2.45, 2.75) is 32.2 Å². The van der Waals surface area contributed by atoms with Gasteiger partial charge < -0.3 is 29.9 Å². The molecule has 1 aromatic carbocycles. The Bertz CT molecular complexity index is 816. The molecular weight excluding hydrogens is 408 g/mol. The molecule has 2 amide bonds. The fourth-order valence-electron chi connectivity index (χ4n) is 3.40. The summed E-state index contributed by atoms with van der Waals surface area (Å²) in [4.78, 5) is 45.5. The molecule has 0 radical (unpaired) electrons. The van der Waals surface area contributed by atoms with Crippen LogP contribution in [-0.4, -0.2) is 66.2 Å². The number of likely N-dealkylation sites (tertiary alicyclic amines) is 1. The van der Waals surface area contributed by atoms with Gasteiger partial charge in [0.2, 0.25) is 11.8 Å². The van der Waals surface area contributed by atoms with Gasteiger partial charge in [-0.05, 0) is 25.0 Å². The van der Waals surface area contributed by atoms with E-state index in [1.807, 2.05) is 6.07 Å². The van der Waals surface area contributed by atoms with E-state index in [1.165, 1.54) is 0 Å². The minimum atomic E-state index is -0.853. The van der Waals surface area contributed by atoms with Crippen molar-refractivity contribution in [1.29, 1.82) is 0 Å². The monoisotopic (exact) mass is 436 g/mol. The van der Waals surface area contributed by atoms with Gasteiger partial charge in [0, 0.05) is 44.1 Å². The zero-order valence-corrected chi connectivity index (χ0v) is 17.6. The fraction of sp³-hybridized carbons (Fsp3) is 0.524. The van der Waals surface area contributed by atoms with Crippen LogP contribution in [0.5, 0.6) is 11.5 Å². The number of benzene rings is 1. The lowest BCUT2D eigenvalue weighted by Gasteiger charge is -2.31. The van der Waals surface area contributed by atoms with Crippen LogP contribution in [0.1, 0.15) is 31.2 Å². The summed E-state index contributed by atoms with van der Waals surface area (Å²) >= 11 is 0. The van der Waals surface area contributed by atoms with Gasteiger partial charge in [-0.15, -0.1) is 0 Å². The molecule has 10 nitrogen and oxygen atoms in total. The normalized spacial score (nSPS) is 20.8. The Morgan fingerprint density at radius 2 is 1.74 bits per heavy atom. The summed E-state index contributed by atoms with van der Waals surface area (Å²) in [6, 6.07) is 5.37. The number of ether oxygens (including phenoxy) is 2. The van der Waals surface area contributed by atoms with Gasteiger partial charge in [-0.2, -0.15) is 0 Å². The highest BCUT2D eigenvalue weighted by molar-refractivity contribution is 5.81. The molecule has 170 valence electrons. The largest absolute Gasteiger partial charge is 0.497 e. The van der Waals surface area contributed by atoms with E-state index in [9.17, 15) is 19.2 Å². The van der Waals surface area contributed by atoms with E-state index < -0.39 is 17.9 Å². The lowest BCUT2D eigenvalue weighted by atomic mass is 9.97. The maximum Gasteiger partial charge on any atom is 0.308 e. The number of carbonyl (C=O) groups excluding carboxylic acids is 2. The summed E-state index contributed by atoms with van der Waals surface area (Å²) in [6.07, 6.45) is 1.50.